The lowest BCUT2D eigenvalue weighted by Gasteiger charge is -2.12. The largest absolute Gasteiger partial charge is 0.399 e. The van der Waals surface area contributed by atoms with Crippen molar-refractivity contribution in [3.05, 3.63) is 58.6 Å². The highest BCUT2D eigenvalue weighted by molar-refractivity contribution is 7.89. The Bertz CT molecular complexity index is 776. The minimum absolute atomic E-state index is 0. The topological polar surface area (TPSA) is 72.2 Å². The second-order valence-electron chi connectivity index (χ2n) is 5.73. The number of hydrogen-bond donors (Lipinski definition) is 2. The zero-order chi connectivity index (χ0) is 17.0. The molecule has 0 aliphatic heterocycles. The Labute approximate surface area is 154 Å². The minimum Gasteiger partial charge on any atom is -0.399 e. The van der Waals surface area contributed by atoms with Gasteiger partial charge in [0.2, 0.25) is 10.0 Å². The number of benzene rings is 2. The van der Waals surface area contributed by atoms with Crippen LogP contribution in [-0.4, -0.2) is 15.0 Å². The summed E-state index contributed by atoms with van der Waals surface area (Å²) in [6, 6.07) is 12.5. The molecule has 0 aromatic heterocycles. The van der Waals surface area contributed by atoms with E-state index in [1.54, 1.807) is 24.3 Å². The van der Waals surface area contributed by atoms with Crippen LogP contribution in [0.2, 0.25) is 5.02 Å². The van der Waals surface area contributed by atoms with Gasteiger partial charge in [0.05, 0.1) is 5.02 Å². The second-order valence-corrected chi connectivity index (χ2v) is 7.88. The number of sulfonamides is 1. The van der Waals surface area contributed by atoms with E-state index in [4.69, 9.17) is 17.3 Å². The SMILES string of the molecule is CC(C)c1ccc(Cl)c(S(=O)(=O)NCCc2ccc(N)cc2)c1.Cl. The number of nitrogen functional groups attached to an aromatic ring is 1. The predicted molar refractivity (Wildman–Crippen MR) is 103 cm³/mol. The zero-order valence-corrected chi connectivity index (χ0v) is 16.0. The van der Waals surface area contributed by atoms with Gasteiger partial charge in [-0.15, -0.1) is 12.4 Å². The van der Waals surface area contributed by atoms with Crippen molar-refractivity contribution in [2.75, 3.05) is 12.3 Å². The molecule has 24 heavy (non-hydrogen) atoms. The lowest BCUT2D eigenvalue weighted by molar-refractivity contribution is 0.581. The summed E-state index contributed by atoms with van der Waals surface area (Å²) in [5.74, 6) is 0.232. The van der Waals surface area contributed by atoms with E-state index < -0.39 is 10.0 Å². The maximum absolute atomic E-state index is 12.5. The molecule has 7 heteroatoms. The van der Waals surface area contributed by atoms with Crippen molar-refractivity contribution in [1.82, 2.24) is 4.72 Å². The smallest absolute Gasteiger partial charge is 0.242 e. The van der Waals surface area contributed by atoms with Crippen LogP contribution in [0.15, 0.2) is 47.4 Å². The Hall–Kier alpha value is -1.27. The molecule has 0 atom stereocenters. The molecule has 0 heterocycles. The van der Waals surface area contributed by atoms with Crippen LogP contribution in [0.1, 0.15) is 30.9 Å². The molecule has 0 unspecified atom stereocenters. The van der Waals surface area contributed by atoms with E-state index in [2.05, 4.69) is 4.72 Å². The first kappa shape index (κ1) is 20.8. The molecule has 132 valence electrons. The summed E-state index contributed by atoms with van der Waals surface area (Å²) < 4.78 is 27.5. The molecule has 0 saturated carbocycles. The van der Waals surface area contributed by atoms with E-state index in [1.807, 2.05) is 32.0 Å². The first-order valence-corrected chi connectivity index (χ1v) is 9.29. The van der Waals surface area contributed by atoms with Crippen LogP contribution in [0.4, 0.5) is 5.69 Å². The van der Waals surface area contributed by atoms with Crippen molar-refractivity contribution in [2.45, 2.75) is 31.1 Å². The van der Waals surface area contributed by atoms with Crippen molar-refractivity contribution in [3.8, 4) is 0 Å². The van der Waals surface area contributed by atoms with Gasteiger partial charge >= 0.3 is 0 Å². The average Bonchev–Trinajstić information content (AvgIpc) is 2.49. The summed E-state index contributed by atoms with van der Waals surface area (Å²) in [6.45, 7) is 4.32. The quantitative estimate of drug-likeness (QED) is 0.734. The Kier molecular flexibility index (Phi) is 7.55. The molecule has 2 aromatic carbocycles. The Morgan fingerprint density at radius 2 is 1.75 bits per heavy atom. The van der Waals surface area contributed by atoms with Crippen LogP contribution in [0.5, 0.6) is 0 Å². The van der Waals surface area contributed by atoms with E-state index >= 15 is 0 Å². The van der Waals surface area contributed by atoms with E-state index in [9.17, 15) is 8.42 Å². The molecule has 2 rings (SSSR count). The lowest BCUT2D eigenvalue weighted by atomic mass is 10.0. The summed E-state index contributed by atoms with van der Waals surface area (Å²) in [5.41, 5.74) is 8.27. The van der Waals surface area contributed by atoms with Gasteiger partial charge in [0.25, 0.3) is 0 Å². The van der Waals surface area contributed by atoms with Crippen LogP contribution in [0, 0.1) is 0 Å². The molecule has 0 bridgehead atoms. The number of rotatable bonds is 6. The van der Waals surface area contributed by atoms with Gasteiger partial charge in [0, 0.05) is 12.2 Å². The van der Waals surface area contributed by atoms with Gasteiger partial charge in [-0.2, -0.15) is 0 Å². The summed E-state index contributed by atoms with van der Waals surface area (Å²) in [6.07, 6.45) is 0.584. The van der Waals surface area contributed by atoms with E-state index in [1.165, 1.54) is 0 Å². The highest BCUT2D eigenvalue weighted by Crippen LogP contribution is 2.26. The van der Waals surface area contributed by atoms with Crippen LogP contribution in [0.25, 0.3) is 0 Å². The second kappa shape index (κ2) is 8.72. The molecular formula is C17H22Cl2N2O2S. The van der Waals surface area contributed by atoms with Crippen molar-refractivity contribution >= 4 is 39.7 Å². The summed E-state index contributed by atoms with van der Waals surface area (Å²) >= 11 is 6.07. The first-order chi connectivity index (χ1) is 10.8. The number of nitrogens with two attached hydrogens (primary N) is 1. The highest BCUT2D eigenvalue weighted by atomic mass is 35.5. The molecule has 0 saturated heterocycles. The van der Waals surface area contributed by atoms with Gasteiger partial charge < -0.3 is 5.73 Å². The Morgan fingerprint density at radius 1 is 1.12 bits per heavy atom. The molecule has 4 nitrogen and oxygen atoms in total. The summed E-state index contributed by atoms with van der Waals surface area (Å²) in [5, 5.41) is 0.231. The summed E-state index contributed by atoms with van der Waals surface area (Å²) in [4.78, 5) is 0.127. The van der Waals surface area contributed by atoms with Gasteiger partial charge in [0.15, 0.2) is 0 Å². The number of hydrogen-bond acceptors (Lipinski definition) is 3. The van der Waals surface area contributed by atoms with Crippen molar-refractivity contribution in [1.29, 1.82) is 0 Å². The molecule has 0 aliphatic rings. The van der Waals surface area contributed by atoms with Crippen molar-refractivity contribution in [2.24, 2.45) is 0 Å². The fourth-order valence-corrected chi connectivity index (χ4v) is 3.74. The molecule has 0 amide bonds. The molecule has 0 aliphatic carbocycles. The maximum Gasteiger partial charge on any atom is 0.242 e. The van der Waals surface area contributed by atoms with Gasteiger partial charge in [-0.1, -0.05) is 43.6 Å². The molecule has 0 radical (unpaired) electrons. The van der Waals surface area contributed by atoms with Crippen LogP contribution < -0.4 is 10.5 Å². The van der Waals surface area contributed by atoms with Crippen molar-refractivity contribution < 1.29 is 8.42 Å². The van der Waals surface area contributed by atoms with Crippen LogP contribution in [0.3, 0.4) is 0 Å². The van der Waals surface area contributed by atoms with Crippen LogP contribution >= 0.6 is 24.0 Å². The van der Waals surface area contributed by atoms with E-state index in [-0.39, 0.29) is 28.2 Å². The van der Waals surface area contributed by atoms with Crippen molar-refractivity contribution in [3.63, 3.8) is 0 Å². The third kappa shape index (κ3) is 5.38. The standard InChI is InChI=1S/C17H21ClN2O2S.ClH/c1-12(2)14-5-8-16(18)17(11-14)23(21,22)20-10-9-13-3-6-15(19)7-4-13;/h3-8,11-12,20H,9-10,19H2,1-2H3;1H. The summed E-state index contributed by atoms with van der Waals surface area (Å²) in [7, 11) is -3.63. The normalized spacial score (nSPS) is 11.3. The average molecular weight is 389 g/mol. The molecule has 2 aromatic rings. The minimum atomic E-state index is -3.63. The Balaban J connectivity index is 0.00000288. The fraction of sp³-hybridized carbons (Fsp3) is 0.294. The number of anilines is 1. The van der Waals surface area contributed by atoms with Gasteiger partial charge in [0.1, 0.15) is 4.90 Å². The van der Waals surface area contributed by atoms with Gasteiger partial charge in [-0.3, -0.25) is 0 Å². The lowest BCUT2D eigenvalue weighted by Crippen LogP contribution is -2.26. The molecule has 3 N–H and O–H groups in total. The molecule has 0 fully saturated rings. The monoisotopic (exact) mass is 388 g/mol. The van der Waals surface area contributed by atoms with Gasteiger partial charge in [-0.05, 0) is 47.7 Å². The van der Waals surface area contributed by atoms with Gasteiger partial charge in [-0.25, -0.2) is 13.1 Å². The molecular weight excluding hydrogens is 367 g/mol. The predicted octanol–water partition coefficient (Wildman–Crippen LogP) is 3.99. The third-order valence-corrected chi connectivity index (χ3v) is 5.54. The Morgan fingerprint density at radius 3 is 2.33 bits per heavy atom. The highest BCUT2D eigenvalue weighted by Gasteiger charge is 2.18. The third-order valence-electron chi connectivity index (χ3n) is 3.60. The first-order valence-electron chi connectivity index (χ1n) is 7.43. The fourth-order valence-electron chi connectivity index (χ4n) is 2.18. The van der Waals surface area contributed by atoms with E-state index in [0.29, 0.717) is 18.7 Å². The number of halogens is 2. The maximum atomic E-state index is 12.5. The van der Waals surface area contributed by atoms with E-state index in [0.717, 1.165) is 11.1 Å². The van der Waals surface area contributed by atoms with Crippen LogP contribution in [-0.2, 0) is 16.4 Å². The molecule has 0 spiro atoms. The number of nitrogens with one attached hydrogen (secondary N) is 1. The zero-order valence-electron chi connectivity index (χ0n) is 13.6.